The molecule has 2 unspecified atom stereocenters. The van der Waals surface area contributed by atoms with Gasteiger partial charge in [0.1, 0.15) is 5.69 Å². The Labute approximate surface area is 233 Å². The minimum Gasteiger partial charge on any atom is -0.405 e. The molecule has 10 nitrogen and oxygen atoms in total. The number of aliphatic imine (C=N–C) groups is 1. The molecule has 13 heteroatoms. The number of hydrogen-bond donors (Lipinski definition) is 5. The van der Waals surface area contributed by atoms with Gasteiger partial charge in [-0.15, -0.1) is 0 Å². The number of benzodiazepines with no additional fused rings is 1. The van der Waals surface area contributed by atoms with Crippen molar-refractivity contribution in [2.24, 2.45) is 4.99 Å². The quantitative estimate of drug-likeness (QED) is 0.222. The van der Waals surface area contributed by atoms with Crippen LogP contribution < -0.4 is 16.0 Å². The number of carbonyl (C=O) groups excluding carboxylic acids is 1. The second-order valence-electron chi connectivity index (χ2n) is 9.32. The van der Waals surface area contributed by atoms with Crippen LogP contribution in [0.5, 0.6) is 0 Å². The fraction of sp³-hybridized carbons (Fsp3) is 0.250. The standard InChI is InChI=1S/C28H26F3N7O3/c29-28(30,31)17-13-21(34-15-18-9-6-12-40-18)23(35-14-17)24(32)41-27(33)38-25-26(39)36-20-11-5-4-10-19(20)22(37-25)16-7-2-1-3-8-16/h1-5,7-8,10-11,13-14,18,25,32,34H,6,9,12,15H2,(H2,33,38)(H,36,39). The minimum atomic E-state index is -4.65. The third-order valence-corrected chi connectivity index (χ3v) is 6.44. The summed E-state index contributed by atoms with van der Waals surface area (Å²) in [4.78, 5) is 21.4. The molecule has 0 radical (unpaired) electrons. The van der Waals surface area contributed by atoms with Gasteiger partial charge in [0.25, 0.3) is 11.9 Å². The Bertz CT molecular complexity index is 1490. The maximum atomic E-state index is 13.4. The van der Waals surface area contributed by atoms with Gasteiger partial charge in [-0.1, -0.05) is 48.5 Å². The molecule has 0 saturated carbocycles. The number of pyridine rings is 1. The van der Waals surface area contributed by atoms with E-state index in [9.17, 15) is 18.0 Å². The van der Waals surface area contributed by atoms with Gasteiger partial charge in [-0.3, -0.25) is 15.6 Å². The lowest BCUT2D eigenvalue weighted by atomic mass is 10.0. The second-order valence-corrected chi connectivity index (χ2v) is 9.32. The average molecular weight is 566 g/mol. The van der Waals surface area contributed by atoms with Gasteiger partial charge in [0, 0.05) is 30.5 Å². The number of hydrogen-bond acceptors (Lipinski definition) is 8. The normalized spacial score (nSPS) is 18.4. The summed E-state index contributed by atoms with van der Waals surface area (Å²) in [5, 5.41) is 24.8. The Morgan fingerprint density at radius 2 is 1.88 bits per heavy atom. The molecule has 3 heterocycles. The van der Waals surface area contributed by atoms with Crippen molar-refractivity contribution in [2.45, 2.75) is 31.3 Å². The van der Waals surface area contributed by atoms with Crippen LogP contribution in [0.25, 0.3) is 0 Å². The number of amidine groups is 1. The van der Waals surface area contributed by atoms with Crippen molar-refractivity contribution in [3.8, 4) is 0 Å². The van der Waals surface area contributed by atoms with E-state index in [2.05, 4.69) is 25.9 Å². The molecule has 0 aliphatic carbocycles. The molecule has 1 aromatic heterocycles. The van der Waals surface area contributed by atoms with Crippen molar-refractivity contribution in [1.82, 2.24) is 10.3 Å². The zero-order chi connectivity index (χ0) is 29.0. The summed E-state index contributed by atoms with van der Waals surface area (Å²) in [7, 11) is 0. The molecule has 41 heavy (non-hydrogen) atoms. The summed E-state index contributed by atoms with van der Waals surface area (Å²) in [5.74, 6) is -1.27. The number of halogens is 3. The van der Waals surface area contributed by atoms with E-state index in [1.54, 1.807) is 12.1 Å². The van der Waals surface area contributed by atoms with Gasteiger partial charge in [-0.2, -0.15) is 13.2 Å². The van der Waals surface area contributed by atoms with E-state index < -0.39 is 35.7 Å². The number of nitrogens with zero attached hydrogens (tertiary/aromatic N) is 2. The summed E-state index contributed by atoms with van der Waals surface area (Å²) in [6, 6.07) is 16.4. The van der Waals surface area contributed by atoms with Gasteiger partial charge in [0.05, 0.1) is 28.8 Å². The number of ether oxygens (including phenoxy) is 2. The highest BCUT2D eigenvalue weighted by atomic mass is 19.4. The monoisotopic (exact) mass is 565 g/mol. The molecule has 0 spiro atoms. The van der Waals surface area contributed by atoms with Gasteiger partial charge in [0.2, 0.25) is 12.1 Å². The van der Waals surface area contributed by atoms with Crippen molar-refractivity contribution in [3.05, 3.63) is 89.2 Å². The maximum absolute atomic E-state index is 13.4. The zero-order valence-electron chi connectivity index (χ0n) is 21.6. The smallest absolute Gasteiger partial charge is 0.405 e. The van der Waals surface area contributed by atoms with Gasteiger partial charge in [-0.25, -0.2) is 9.98 Å². The SMILES string of the molecule is N=C(NC1N=C(c2ccccc2)c2ccccc2NC1=O)OC(=N)c1ncc(C(F)(F)F)cc1NCC1CCCO1. The molecule has 1 saturated heterocycles. The van der Waals surface area contributed by atoms with Gasteiger partial charge in [-0.05, 0) is 25.0 Å². The van der Waals surface area contributed by atoms with Crippen LogP contribution in [0.2, 0.25) is 0 Å². The summed E-state index contributed by atoms with van der Waals surface area (Å²) in [6.07, 6.45) is -3.97. The number of carbonyl (C=O) groups is 1. The Balaban J connectivity index is 1.35. The number of para-hydroxylation sites is 1. The Kier molecular flexibility index (Phi) is 7.97. The van der Waals surface area contributed by atoms with E-state index in [1.165, 1.54) is 0 Å². The number of nitrogens with one attached hydrogen (secondary N) is 5. The molecule has 212 valence electrons. The van der Waals surface area contributed by atoms with Gasteiger partial charge in [0.15, 0.2) is 0 Å². The predicted molar refractivity (Wildman–Crippen MR) is 146 cm³/mol. The molecule has 5 rings (SSSR count). The molecule has 2 aliphatic heterocycles. The molecule has 2 atom stereocenters. The predicted octanol–water partition coefficient (Wildman–Crippen LogP) is 4.37. The summed E-state index contributed by atoms with van der Waals surface area (Å²) < 4.78 is 50.9. The number of aromatic nitrogens is 1. The van der Waals surface area contributed by atoms with E-state index in [4.69, 9.17) is 20.3 Å². The van der Waals surface area contributed by atoms with Crippen molar-refractivity contribution in [3.63, 3.8) is 0 Å². The first kappa shape index (κ1) is 27.8. The first-order valence-corrected chi connectivity index (χ1v) is 12.8. The van der Waals surface area contributed by atoms with Crippen molar-refractivity contribution < 1.29 is 27.4 Å². The molecule has 1 fully saturated rings. The first-order valence-electron chi connectivity index (χ1n) is 12.8. The summed E-state index contributed by atoms with van der Waals surface area (Å²) >= 11 is 0. The lowest BCUT2D eigenvalue weighted by Crippen LogP contribution is -2.43. The van der Waals surface area contributed by atoms with Crippen LogP contribution in [0.3, 0.4) is 0 Å². The molecule has 2 aromatic carbocycles. The molecule has 2 aliphatic rings. The largest absolute Gasteiger partial charge is 0.417 e. The van der Waals surface area contributed by atoms with Crippen LogP contribution >= 0.6 is 0 Å². The minimum absolute atomic E-state index is 0.0971. The van der Waals surface area contributed by atoms with Crippen LogP contribution in [-0.2, 0) is 20.4 Å². The van der Waals surface area contributed by atoms with Crippen LogP contribution in [0.15, 0.2) is 71.9 Å². The molecule has 5 N–H and O–H groups in total. The highest BCUT2D eigenvalue weighted by molar-refractivity contribution is 6.19. The van der Waals surface area contributed by atoms with E-state index in [0.29, 0.717) is 29.8 Å². The van der Waals surface area contributed by atoms with E-state index in [1.807, 2.05) is 42.5 Å². The summed E-state index contributed by atoms with van der Waals surface area (Å²) in [6.45, 7) is 0.773. The number of fused-ring (bicyclic) bond motifs is 1. The van der Waals surface area contributed by atoms with Crippen LogP contribution in [0, 0.1) is 10.8 Å². The van der Waals surface area contributed by atoms with Gasteiger partial charge < -0.3 is 25.4 Å². The highest BCUT2D eigenvalue weighted by Crippen LogP contribution is 2.31. The highest BCUT2D eigenvalue weighted by Gasteiger charge is 2.33. The Hall–Kier alpha value is -4.78. The van der Waals surface area contributed by atoms with Crippen molar-refractivity contribution in [2.75, 3.05) is 23.8 Å². The first-order chi connectivity index (χ1) is 19.7. The number of rotatable bonds is 6. The zero-order valence-corrected chi connectivity index (χ0v) is 21.6. The fourth-order valence-electron chi connectivity index (χ4n) is 4.45. The molecule has 3 aromatic rings. The van der Waals surface area contributed by atoms with Crippen LogP contribution in [0.4, 0.5) is 24.5 Å². The Morgan fingerprint density at radius 3 is 2.61 bits per heavy atom. The van der Waals surface area contributed by atoms with Crippen molar-refractivity contribution >= 4 is 34.9 Å². The maximum Gasteiger partial charge on any atom is 0.417 e. The number of amides is 1. The number of alkyl halides is 3. The number of anilines is 2. The van der Waals surface area contributed by atoms with Gasteiger partial charge >= 0.3 is 6.18 Å². The number of benzene rings is 2. The second kappa shape index (κ2) is 11.8. The van der Waals surface area contributed by atoms with E-state index in [-0.39, 0.29) is 24.0 Å². The fourth-order valence-corrected chi connectivity index (χ4v) is 4.45. The summed E-state index contributed by atoms with van der Waals surface area (Å²) in [5.41, 5.74) is 1.08. The third-order valence-electron chi connectivity index (χ3n) is 6.44. The van der Waals surface area contributed by atoms with Crippen LogP contribution in [-0.4, -0.2) is 53.9 Å². The molecular formula is C28H26F3N7O3. The van der Waals surface area contributed by atoms with E-state index in [0.717, 1.165) is 24.5 Å². The molecule has 0 bridgehead atoms. The third kappa shape index (κ3) is 6.52. The lowest BCUT2D eigenvalue weighted by Gasteiger charge is -2.18. The lowest BCUT2D eigenvalue weighted by molar-refractivity contribution is -0.137. The van der Waals surface area contributed by atoms with Crippen LogP contribution in [0.1, 0.15) is 35.2 Å². The molecular weight excluding hydrogens is 539 g/mol. The topological polar surface area (TPSA) is 145 Å². The van der Waals surface area contributed by atoms with Crippen molar-refractivity contribution in [1.29, 1.82) is 10.8 Å². The molecule has 1 amide bonds. The Morgan fingerprint density at radius 1 is 1.12 bits per heavy atom. The van der Waals surface area contributed by atoms with E-state index >= 15 is 0 Å². The average Bonchev–Trinajstić information content (AvgIpc) is 3.43.